The lowest BCUT2D eigenvalue weighted by molar-refractivity contribution is -0.0336. The summed E-state index contributed by atoms with van der Waals surface area (Å²) in [4.78, 5) is 43.0. The molecule has 3 aliphatic heterocycles. The van der Waals surface area contributed by atoms with Crippen molar-refractivity contribution in [3.05, 3.63) is 159 Å². The lowest BCUT2D eigenvalue weighted by atomic mass is 9.86. The second kappa shape index (κ2) is 18.4. The van der Waals surface area contributed by atoms with Crippen molar-refractivity contribution in [1.29, 1.82) is 0 Å². The summed E-state index contributed by atoms with van der Waals surface area (Å²) in [6.45, 7) is 3.29. The second-order valence-corrected chi connectivity index (χ2v) is 15.6. The Morgan fingerprint density at radius 3 is 2.52 bits per heavy atom. The van der Waals surface area contributed by atoms with Gasteiger partial charge in [0, 0.05) is 50.2 Å². The Labute approximate surface area is 351 Å². The summed E-state index contributed by atoms with van der Waals surface area (Å²) in [6.07, 6.45) is 0.531. The van der Waals surface area contributed by atoms with Crippen molar-refractivity contribution in [2.45, 2.75) is 50.8 Å². The molecule has 0 spiro atoms. The highest BCUT2D eigenvalue weighted by Gasteiger charge is 2.37. The number of benzene rings is 4. The molecule has 0 unspecified atom stereocenters. The number of halogens is 1. The summed E-state index contributed by atoms with van der Waals surface area (Å²) in [5, 5.41) is 34.8. The number of aromatic hydroxyl groups is 1. The Bertz CT molecular complexity index is 2570. The van der Waals surface area contributed by atoms with Crippen LogP contribution in [-0.4, -0.2) is 74.2 Å². The van der Waals surface area contributed by atoms with Crippen molar-refractivity contribution in [3.63, 3.8) is 0 Å². The predicted octanol–water partition coefficient (Wildman–Crippen LogP) is 5.35. The van der Waals surface area contributed by atoms with Crippen LogP contribution in [-0.2, 0) is 31.5 Å². The number of fused-ring (bicyclic) bond motifs is 4. The number of rotatable bonds is 15. The van der Waals surface area contributed by atoms with E-state index in [1.807, 2.05) is 54.6 Å². The van der Waals surface area contributed by atoms with Crippen LogP contribution in [0.2, 0.25) is 0 Å². The predicted molar refractivity (Wildman–Crippen MR) is 225 cm³/mol. The second-order valence-electron chi connectivity index (χ2n) is 15.6. The number of H-pyrrole nitrogens is 1. The number of piperidine rings is 3. The summed E-state index contributed by atoms with van der Waals surface area (Å²) < 4.78 is 28.8. The number of phenols is 1. The molecule has 3 aliphatic rings. The van der Waals surface area contributed by atoms with Gasteiger partial charge in [0.25, 0.3) is 5.91 Å². The highest BCUT2D eigenvalue weighted by atomic mass is 19.1. The first-order valence-electron chi connectivity index (χ1n) is 20.4. The quantitative estimate of drug-likeness (QED) is 0.0790. The molecule has 9 rings (SSSR count). The van der Waals surface area contributed by atoms with Gasteiger partial charge in [-0.2, -0.15) is 5.10 Å². The third kappa shape index (κ3) is 9.75. The van der Waals surface area contributed by atoms with Crippen molar-refractivity contribution < 1.29 is 33.7 Å². The summed E-state index contributed by atoms with van der Waals surface area (Å²) in [6, 6.07) is 28.9. The molecule has 0 saturated carbocycles. The molecular formula is C46H48FN7O7. The molecule has 316 valence electrons. The number of aryl methyl sites for hydroxylation is 1. The summed E-state index contributed by atoms with van der Waals surface area (Å²) in [5.74, 6) is -0.0498. The van der Waals surface area contributed by atoms with Gasteiger partial charge < -0.3 is 40.6 Å². The molecule has 2 aromatic heterocycles. The SMILES string of the molecule is Cn1nc(C(=O)NCc2ccc(CNC[C@H](O)c3ccc(O)c4[nH]c(=O)ccc34)c(F)c2)cc1COc1cccc([C@@H](NC(=O)O[C@H]2CN3CCC2CC3)c2ccccc2)c1. The minimum absolute atomic E-state index is 0.0667. The maximum atomic E-state index is 15.1. The zero-order chi connectivity index (χ0) is 42.5. The number of amides is 2. The Hall–Kier alpha value is -6.55. The Morgan fingerprint density at radius 2 is 1.75 bits per heavy atom. The van der Waals surface area contributed by atoms with Gasteiger partial charge in [-0.15, -0.1) is 0 Å². The van der Waals surface area contributed by atoms with Gasteiger partial charge in [-0.3, -0.25) is 19.2 Å². The summed E-state index contributed by atoms with van der Waals surface area (Å²) in [5.41, 5.74) is 3.83. The number of pyridine rings is 1. The molecule has 3 atom stereocenters. The van der Waals surface area contributed by atoms with Crippen molar-refractivity contribution in [2.24, 2.45) is 13.0 Å². The first kappa shape index (κ1) is 41.2. The van der Waals surface area contributed by atoms with Crippen LogP contribution >= 0.6 is 0 Å². The topological polar surface area (TPSA) is 183 Å². The smallest absolute Gasteiger partial charge is 0.408 e. The molecule has 5 heterocycles. The third-order valence-corrected chi connectivity index (χ3v) is 11.5. The van der Waals surface area contributed by atoms with Crippen LogP contribution in [0.15, 0.2) is 108 Å². The first-order valence-corrected chi connectivity index (χ1v) is 20.4. The van der Waals surface area contributed by atoms with E-state index in [4.69, 9.17) is 9.47 Å². The zero-order valence-electron chi connectivity index (χ0n) is 33.6. The van der Waals surface area contributed by atoms with Gasteiger partial charge in [0.2, 0.25) is 5.56 Å². The Kier molecular flexibility index (Phi) is 12.4. The van der Waals surface area contributed by atoms with Gasteiger partial charge in [-0.1, -0.05) is 60.7 Å². The van der Waals surface area contributed by atoms with Gasteiger partial charge in [-0.05, 0) is 90.5 Å². The number of aromatic nitrogens is 3. The number of hydrogen-bond donors (Lipinski definition) is 6. The average Bonchev–Trinajstić information content (AvgIpc) is 3.65. The number of nitrogens with zero attached hydrogens (tertiary/aromatic N) is 3. The van der Waals surface area contributed by atoms with Crippen LogP contribution in [0.3, 0.4) is 0 Å². The monoisotopic (exact) mass is 829 g/mol. The average molecular weight is 830 g/mol. The molecule has 2 amide bonds. The highest BCUT2D eigenvalue weighted by Crippen LogP contribution is 2.31. The molecule has 14 nitrogen and oxygen atoms in total. The molecular weight excluding hydrogens is 782 g/mol. The van der Waals surface area contributed by atoms with Crippen molar-refractivity contribution in [1.82, 2.24) is 35.6 Å². The number of nitrogens with one attached hydrogen (secondary N) is 4. The van der Waals surface area contributed by atoms with E-state index < -0.39 is 30.0 Å². The van der Waals surface area contributed by atoms with E-state index in [1.54, 1.807) is 36.0 Å². The normalized spacial score (nSPS) is 18.0. The highest BCUT2D eigenvalue weighted by molar-refractivity contribution is 5.92. The fraction of sp³-hybridized carbons (Fsp3) is 0.304. The number of carbonyl (C=O) groups excluding carboxylic acids is 2. The van der Waals surface area contributed by atoms with E-state index in [2.05, 4.69) is 30.9 Å². The number of alkyl carbamates (subject to hydrolysis) is 1. The summed E-state index contributed by atoms with van der Waals surface area (Å²) in [7, 11) is 1.72. The van der Waals surface area contributed by atoms with Crippen molar-refractivity contribution in [3.8, 4) is 11.5 Å². The molecule has 61 heavy (non-hydrogen) atoms. The largest absolute Gasteiger partial charge is 0.506 e. The number of ether oxygens (including phenoxy) is 2. The molecule has 15 heteroatoms. The fourth-order valence-corrected chi connectivity index (χ4v) is 8.15. The van der Waals surface area contributed by atoms with Crippen LogP contribution < -0.4 is 26.2 Å². The number of aliphatic hydroxyl groups excluding tert-OH is 1. The molecule has 2 bridgehead atoms. The molecule has 6 N–H and O–H groups in total. The van der Waals surface area contributed by atoms with Crippen LogP contribution in [0, 0.1) is 11.7 Å². The van der Waals surface area contributed by atoms with Crippen LogP contribution in [0.5, 0.6) is 11.5 Å². The molecule has 3 saturated heterocycles. The zero-order valence-corrected chi connectivity index (χ0v) is 33.6. The van der Waals surface area contributed by atoms with Crippen LogP contribution in [0.4, 0.5) is 9.18 Å². The number of aliphatic hydroxyl groups is 1. The third-order valence-electron chi connectivity index (χ3n) is 11.5. The standard InChI is InChI=1S/C46H48FN7O7/c1-53-33(27-60-34-9-5-8-31(21-34)43(30-6-3-2-4-7-30)51-46(59)61-41-26-54-18-16-29(41)17-19-54)22-38(52-53)45(58)49-23-28-10-11-32(37(47)20-28)24-48-25-40(56)35-12-14-39(55)44-36(35)13-15-42(57)50-44/h2-15,20-22,29,40-41,43,48,55-56H,16-19,23-27H2,1H3,(H,49,58)(H,50,57)(H,51,59)/t40-,41-,43-/m0/s1. The van der Waals surface area contributed by atoms with Crippen molar-refractivity contribution in [2.75, 3.05) is 26.2 Å². The van der Waals surface area contributed by atoms with Gasteiger partial charge in [0.05, 0.1) is 23.4 Å². The molecule has 0 radical (unpaired) electrons. The van der Waals surface area contributed by atoms with Crippen LogP contribution in [0.25, 0.3) is 10.9 Å². The van der Waals surface area contributed by atoms with Crippen LogP contribution in [0.1, 0.15) is 69.0 Å². The fourth-order valence-electron chi connectivity index (χ4n) is 8.15. The minimum Gasteiger partial charge on any atom is -0.506 e. The Morgan fingerprint density at radius 1 is 0.951 bits per heavy atom. The Balaban J connectivity index is 0.835. The molecule has 0 aliphatic carbocycles. The molecule has 4 aromatic carbocycles. The molecule has 6 aromatic rings. The number of aromatic amines is 1. The molecule has 3 fully saturated rings. The van der Waals surface area contributed by atoms with E-state index in [-0.39, 0.29) is 54.9 Å². The summed E-state index contributed by atoms with van der Waals surface area (Å²) >= 11 is 0. The van der Waals surface area contributed by atoms with Gasteiger partial charge >= 0.3 is 6.09 Å². The lowest BCUT2D eigenvalue weighted by Crippen LogP contribution is -2.52. The van der Waals surface area contributed by atoms with Crippen molar-refractivity contribution >= 4 is 22.9 Å². The van der Waals surface area contributed by atoms with Gasteiger partial charge in [0.15, 0.2) is 5.69 Å². The van der Waals surface area contributed by atoms with E-state index >= 15 is 4.39 Å². The number of carbonyl (C=O) groups is 2. The first-order chi connectivity index (χ1) is 29.6. The van der Waals surface area contributed by atoms with Gasteiger partial charge in [0.1, 0.15) is 30.0 Å². The van der Waals surface area contributed by atoms with E-state index in [0.29, 0.717) is 39.4 Å². The van der Waals surface area contributed by atoms with E-state index in [0.717, 1.165) is 43.6 Å². The maximum Gasteiger partial charge on any atom is 0.408 e. The van der Waals surface area contributed by atoms with E-state index in [1.165, 1.54) is 24.3 Å². The minimum atomic E-state index is -0.991. The number of phenolic OH excluding ortho intramolecular Hbond substituents is 1. The lowest BCUT2D eigenvalue weighted by Gasteiger charge is -2.43. The maximum absolute atomic E-state index is 15.1. The number of hydrogen-bond acceptors (Lipinski definition) is 10. The van der Waals surface area contributed by atoms with E-state index in [9.17, 15) is 24.6 Å². The van der Waals surface area contributed by atoms with Gasteiger partial charge in [-0.25, -0.2) is 9.18 Å².